The van der Waals surface area contributed by atoms with Gasteiger partial charge >= 0.3 is 0 Å². The van der Waals surface area contributed by atoms with Gasteiger partial charge in [-0.2, -0.15) is 0 Å². The van der Waals surface area contributed by atoms with Crippen molar-refractivity contribution < 1.29 is 13.2 Å². The Morgan fingerprint density at radius 3 is 2.67 bits per heavy atom. The highest BCUT2D eigenvalue weighted by molar-refractivity contribution is 7.88. The van der Waals surface area contributed by atoms with Gasteiger partial charge in [0.1, 0.15) is 0 Å². The molecule has 3 rings (SSSR count). The van der Waals surface area contributed by atoms with Crippen LogP contribution in [0.5, 0.6) is 0 Å². The summed E-state index contributed by atoms with van der Waals surface area (Å²) in [6.45, 7) is 0.830. The summed E-state index contributed by atoms with van der Waals surface area (Å²) in [5.74, 6) is 0.371. The lowest BCUT2D eigenvalue weighted by molar-refractivity contribution is -0.122. The van der Waals surface area contributed by atoms with Crippen LogP contribution < -0.4 is 10.0 Å². The van der Waals surface area contributed by atoms with Crippen LogP contribution in [0.1, 0.15) is 24.3 Å². The van der Waals surface area contributed by atoms with E-state index in [0.29, 0.717) is 19.5 Å². The number of amides is 1. The minimum atomic E-state index is -3.16. The molecule has 0 aliphatic heterocycles. The average Bonchev–Trinajstić information content (AvgIpc) is 3.33. The number of hydrogen-bond donors (Lipinski definition) is 2. The number of sulfonamides is 1. The van der Waals surface area contributed by atoms with Crippen molar-refractivity contribution in [3.63, 3.8) is 0 Å². The Hall–Kier alpha value is -1.92. The van der Waals surface area contributed by atoms with Gasteiger partial charge in [0.15, 0.2) is 0 Å². The van der Waals surface area contributed by atoms with Gasteiger partial charge in [0.2, 0.25) is 15.9 Å². The smallest absolute Gasteiger partial charge is 0.223 e. The molecule has 0 unspecified atom stereocenters. The maximum absolute atomic E-state index is 12.2. The molecule has 0 radical (unpaired) electrons. The van der Waals surface area contributed by atoms with Crippen LogP contribution in [0.3, 0.4) is 0 Å². The van der Waals surface area contributed by atoms with E-state index in [-0.39, 0.29) is 17.7 Å². The van der Waals surface area contributed by atoms with Gasteiger partial charge in [-0.15, -0.1) is 0 Å². The summed E-state index contributed by atoms with van der Waals surface area (Å²) < 4.78 is 24.3. The van der Waals surface area contributed by atoms with Crippen LogP contribution in [0.25, 0.3) is 10.8 Å². The molecule has 1 amide bonds. The molecule has 1 fully saturated rings. The second kappa shape index (κ2) is 6.91. The average molecular weight is 346 g/mol. The van der Waals surface area contributed by atoms with Crippen molar-refractivity contribution in [2.75, 3.05) is 19.3 Å². The molecule has 6 heteroatoms. The first-order valence-corrected chi connectivity index (χ1v) is 10.0. The van der Waals surface area contributed by atoms with E-state index in [4.69, 9.17) is 0 Å². The monoisotopic (exact) mass is 346 g/mol. The molecule has 0 aromatic heterocycles. The van der Waals surface area contributed by atoms with Crippen LogP contribution in [-0.4, -0.2) is 33.7 Å². The van der Waals surface area contributed by atoms with Gasteiger partial charge in [0, 0.05) is 19.0 Å². The van der Waals surface area contributed by atoms with Crippen molar-refractivity contribution in [3.8, 4) is 0 Å². The van der Waals surface area contributed by atoms with Crippen LogP contribution in [0, 0.1) is 5.92 Å². The second-order valence-electron chi connectivity index (χ2n) is 6.33. The standard InChI is InChI=1S/C18H22N2O3S/c1-24(22,23)20-11-5-10-19-18(21)17-12-16(17)15-9-4-7-13-6-2-3-8-14(13)15/h2-4,6-9,16-17,20H,5,10-12H2,1H3,(H,19,21)/t16-,17+/m0/s1. The van der Waals surface area contributed by atoms with E-state index in [1.807, 2.05) is 18.2 Å². The minimum Gasteiger partial charge on any atom is -0.356 e. The van der Waals surface area contributed by atoms with E-state index >= 15 is 0 Å². The molecule has 128 valence electrons. The van der Waals surface area contributed by atoms with E-state index in [2.05, 4.69) is 34.3 Å². The third-order valence-corrected chi connectivity index (χ3v) is 5.10. The predicted octanol–water partition coefficient (Wildman–Crippen LogP) is 2.00. The van der Waals surface area contributed by atoms with Gasteiger partial charge in [-0.25, -0.2) is 13.1 Å². The Morgan fingerprint density at radius 2 is 1.88 bits per heavy atom. The highest BCUT2D eigenvalue weighted by atomic mass is 32.2. The molecule has 0 bridgehead atoms. The SMILES string of the molecule is CS(=O)(=O)NCCCNC(=O)[C@@H]1C[C@H]1c1cccc2ccccc12. The second-order valence-corrected chi connectivity index (χ2v) is 8.16. The van der Waals surface area contributed by atoms with Crippen LogP contribution >= 0.6 is 0 Å². The van der Waals surface area contributed by atoms with Crippen molar-refractivity contribution in [2.45, 2.75) is 18.8 Å². The predicted molar refractivity (Wildman–Crippen MR) is 95.3 cm³/mol. The topological polar surface area (TPSA) is 75.3 Å². The highest BCUT2D eigenvalue weighted by Crippen LogP contribution is 2.49. The Balaban J connectivity index is 1.52. The molecule has 1 saturated carbocycles. The van der Waals surface area contributed by atoms with Crippen LogP contribution in [0.15, 0.2) is 42.5 Å². The van der Waals surface area contributed by atoms with Crippen LogP contribution in [0.4, 0.5) is 0 Å². The summed E-state index contributed by atoms with van der Waals surface area (Å²) in [6.07, 6.45) is 2.59. The fraction of sp³-hybridized carbons (Fsp3) is 0.389. The fourth-order valence-electron chi connectivity index (χ4n) is 3.09. The molecule has 1 aliphatic carbocycles. The number of fused-ring (bicyclic) bond motifs is 1. The Labute approximate surface area is 142 Å². The lowest BCUT2D eigenvalue weighted by Crippen LogP contribution is -2.30. The molecule has 2 N–H and O–H groups in total. The number of hydrogen-bond acceptors (Lipinski definition) is 3. The van der Waals surface area contributed by atoms with Gasteiger partial charge in [-0.05, 0) is 35.1 Å². The van der Waals surface area contributed by atoms with Crippen molar-refractivity contribution in [3.05, 3.63) is 48.0 Å². The summed E-state index contributed by atoms with van der Waals surface area (Å²) in [7, 11) is -3.16. The van der Waals surface area contributed by atoms with E-state index in [0.717, 1.165) is 12.7 Å². The number of carbonyl (C=O) groups is 1. The van der Waals surface area contributed by atoms with Gasteiger partial charge in [-0.1, -0.05) is 42.5 Å². The van der Waals surface area contributed by atoms with Gasteiger partial charge in [0.25, 0.3) is 0 Å². The van der Waals surface area contributed by atoms with Crippen molar-refractivity contribution in [2.24, 2.45) is 5.92 Å². The normalized spacial score (nSPS) is 20.0. The molecule has 2 aromatic rings. The maximum Gasteiger partial charge on any atom is 0.223 e. The zero-order chi connectivity index (χ0) is 17.2. The third-order valence-electron chi connectivity index (χ3n) is 4.37. The lowest BCUT2D eigenvalue weighted by atomic mass is 10.00. The molecule has 5 nitrogen and oxygen atoms in total. The zero-order valence-electron chi connectivity index (χ0n) is 13.7. The first-order valence-electron chi connectivity index (χ1n) is 8.16. The molecule has 2 aromatic carbocycles. The fourth-order valence-corrected chi connectivity index (χ4v) is 3.61. The molecule has 0 saturated heterocycles. The summed E-state index contributed by atoms with van der Waals surface area (Å²) >= 11 is 0. The van der Waals surface area contributed by atoms with E-state index in [9.17, 15) is 13.2 Å². The summed E-state index contributed by atoms with van der Waals surface area (Å²) in [5, 5.41) is 5.33. The molecule has 24 heavy (non-hydrogen) atoms. The lowest BCUT2D eigenvalue weighted by Gasteiger charge is -2.07. The number of nitrogens with one attached hydrogen (secondary N) is 2. The molecule has 2 atom stereocenters. The maximum atomic E-state index is 12.2. The van der Waals surface area contributed by atoms with Gasteiger partial charge in [0.05, 0.1) is 6.26 Å². The van der Waals surface area contributed by atoms with Gasteiger partial charge < -0.3 is 5.32 Å². The molecule has 0 heterocycles. The quantitative estimate of drug-likeness (QED) is 0.753. The van der Waals surface area contributed by atoms with Crippen LogP contribution in [0.2, 0.25) is 0 Å². The highest BCUT2D eigenvalue weighted by Gasteiger charge is 2.44. The minimum absolute atomic E-state index is 0.0265. The summed E-state index contributed by atoms with van der Waals surface area (Å²) in [4.78, 5) is 12.2. The zero-order valence-corrected chi connectivity index (χ0v) is 14.5. The number of rotatable bonds is 7. The third kappa shape index (κ3) is 4.13. The number of carbonyl (C=O) groups excluding carboxylic acids is 1. The van der Waals surface area contributed by atoms with E-state index < -0.39 is 10.0 Å². The number of benzene rings is 2. The molecule has 0 spiro atoms. The van der Waals surface area contributed by atoms with E-state index in [1.54, 1.807) is 0 Å². The summed E-state index contributed by atoms with van der Waals surface area (Å²) in [5.41, 5.74) is 1.24. The van der Waals surface area contributed by atoms with E-state index in [1.165, 1.54) is 16.3 Å². The molecular weight excluding hydrogens is 324 g/mol. The summed E-state index contributed by atoms with van der Waals surface area (Å²) in [6, 6.07) is 14.5. The largest absolute Gasteiger partial charge is 0.356 e. The van der Waals surface area contributed by atoms with Crippen molar-refractivity contribution in [1.82, 2.24) is 10.0 Å². The molecular formula is C18H22N2O3S. The molecule has 1 aliphatic rings. The Morgan fingerprint density at radius 1 is 1.12 bits per heavy atom. The Bertz CT molecular complexity index is 843. The van der Waals surface area contributed by atoms with Crippen LogP contribution in [-0.2, 0) is 14.8 Å². The van der Waals surface area contributed by atoms with Crippen molar-refractivity contribution in [1.29, 1.82) is 0 Å². The first-order chi connectivity index (χ1) is 11.5. The van der Waals surface area contributed by atoms with Gasteiger partial charge in [-0.3, -0.25) is 4.79 Å². The Kier molecular flexibility index (Phi) is 4.87. The van der Waals surface area contributed by atoms with Crippen molar-refractivity contribution >= 4 is 26.7 Å². The first kappa shape index (κ1) is 16.9.